The minimum absolute atomic E-state index is 0.264. The second-order valence-electron chi connectivity index (χ2n) is 8.75. The predicted octanol–water partition coefficient (Wildman–Crippen LogP) is 4.28. The van der Waals surface area contributed by atoms with Crippen molar-refractivity contribution in [2.45, 2.75) is 63.4 Å². The molecule has 3 heteroatoms. The lowest BCUT2D eigenvalue weighted by Gasteiger charge is -2.45. The normalized spacial score (nSPS) is 33.6. The summed E-state index contributed by atoms with van der Waals surface area (Å²) in [6, 6.07) is 7.31. The first-order valence-electron chi connectivity index (χ1n) is 10.4. The van der Waals surface area contributed by atoms with Gasteiger partial charge >= 0.3 is 0 Å². The molecule has 1 heterocycles. The number of likely N-dealkylation sites (tertiary alicyclic amines) is 1. The number of piperidine rings is 1. The van der Waals surface area contributed by atoms with Gasteiger partial charge in [-0.1, -0.05) is 44.2 Å². The van der Waals surface area contributed by atoms with Crippen LogP contribution in [-0.2, 0) is 5.60 Å². The number of hydrogen-bond donors (Lipinski definition) is 2. The molecule has 1 saturated heterocycles. The van der Waals surface area contributed by atoms with E-state index in [1.54, 1.807) is 12.1 Å². The van der Waals surface area contributed by atoms with Gasteiger partial charge in [0, 0.05) is 24.9 Å². The average Bonchev–Trinajstić information content (AvgIpc) is 2.81. The van der Waals surface area contributed by atoms with Crippen LogP contribution in [0, 0.1) is 17.8 Å². The van der Waals surface area contributed by atoms with Crippen molar-refractivity contribution in [2.24, 2.45) is 17.8 Å². The van der Waals surface area contributed by atoms with Gasteiger partial charge in [-0.25, -0.2) is 0 Å². The molecule has 25 heavy (non-hydrogen) atoms. The SMILES string of the molecule is Oc1cccc(C2(O)C3CCC2CN(CCCC2CCCCC2)C3)c1. The molecular weight excluding hydrogens is 310 g/mol. The number of nitrogens with zero attached hydrogens (tertiary/aromatic N) is 1. The van der Waals surface area contributed by atoms with Gasteiger partial charge in [0.15, 0.2) is 0 Å². The molecule has 2 bridgehead atoms. The molecule has 1 aliphatic heterocycles. The molecule has 0 amide bonds. The van der Waals surface area contributed by atoms with Gasteiger partial charge in [-0.15, -0.1) is 0 Å². The smallest absolute Gasteiger partial charge is 0.115 e. The highest BCUT2D eigenvalue weighted by molar-refractivity contribution is 5.34. The number of aromatic hydroxyl groups is 1. The van der Waals surface area contributed by atoms with E-state index in [0.717, 1.165) is 37.4 Å². The molecule has 2 unspecified atom stereocenters. The molecule has 2 saturated carbocycles. The minimum atomic E-state index is -0.737. The van der Waals surface area contributed by atoms with Crippen LogP contribution in [-0.4, -0.2) is 34.7 Å². The summed E-state index contributed by atoms with van der Waals surface area (Å²) < 4.78 is 0. The highest BCUT2D eigenvalue weighted by Gasteiger charge is 2.53. The molecule has 2 atom stereocenters. The number of benzene rings is 1. The first kappa shape index (κ1) is 17.4. The van der Waals surface area contributed by atoms with Gasteiger partial charge in [-0.05, 0) is 55.8 Å². The second-order valence-corrected chi connectivity index (χ2v) is 8.75. The number of phenolic OH excluding ortho intramolecular Hbond substituents is 1. The first-order valence-corrected chi connectivity index (χ1v) is 10.4. The Morgan fingerprint density at radius 2 is 1.72 bits per heavy atom. The summed E-state index contributed by atoms with van der Waals surface area (Å²) >= 11 is 0. The van der Waals surface area contributed by atoms with Gasteiger partial charge in [-0.3, -0.25) is 0 Å². The third-order valence-corrected chi connectivity index (χ3v) is 7.19. The predicted molar refractivity (Wildman–Crippen MR) is 100 cm³/mol. The van der Waals surface area contributed by atoms with Gasteiger partial charge in [0.2, 0.25) is 0 Å². The van der Waals surface area contributed by atoms with E-state index in [-0.39, 0.29) is 5.75 Å². The number of aliphatic hydroxyl groups is 1. The third-order valence-electron chi connectivity index (χ3n) is 7.19. The van der Waals surface area contributed by atoms with Crippen LogP contribution in [0.1, 0.15) is 63.4 Å². The lowest BCUT2D eigenvalue weighted by molar-refractivity contribution is -0.0900. The van der Waals surface area contributed by atoms with Crippen molar-refractivity contribution in [1.82, 2.24) is 4.90 Å². The molecule has 0 radical (unpaired) electrons. The Hall–Kier alpha value is -1.06. The molecule has 138 valence electrons. The molecule has 2 aliphatic carbocycles. The highest BCUT2D eigenvalue weighted by atomic mass is 16.3. The lowest BCUT2D eigenvalue weighted by atomic mass is 9.75. The van der Waals surface area contributed by atoms with E-state index in [1.807, 2.05) is 12.1 Å². The van der Waals surface area contributed by atoms with Crippen molar-refractivity contribution in [1.29, 1.82) is 0 Å². The lowest BCUT2D eigenvalue weighted by Crippen LogP contribution is -2.52. The van der Waals surface area contributed by atoms with Gasteiger partial charge < -0.3 is 15.1 Å². The van der Waals surface area contributed by atoms with Gasteiger partial charge in [0.05, 0.1) is 5.60 Å². The summed E-state index contributed by atoms with van der Waals surface area (Å²) in [5.41, 5.74) is 0.181. The van der Waals surface area contributed by atoms with Crippen molar-refractivity contribution in [2.75, 3.05) is 19.6 Å². The minimum Gasteiger partial charge on any atom is -0.508 e. The Labute approximate surface area is 152 Å². The fourth-order valence-electron chi connectivity index (χ4n) is 5.82. The zero-order chi connectivity index (χ0) is 17.3. The van der Waals surface area contributed by atoms with E-state index in [1.165, 1.54) is 51.5 Å². The van der Waals surface area contributed by atoms with E-state index in [9.17, 15) is 10.2 Å². The van der Waals surface area contributed by atoms with E-state index >= 15 is 0 Å². The van der Waals surface area contributed by atoms with E-state index in [0.29, 0.717) is 11.8 Å². The Bertz CT molecular complexity index is 567. The number of fused-ring (bicyclic) bond motifs is 2. The van der Waals surface area contributed by atoms with Crippen LogP contribution in [0.15, 0.2) is 24.3 Å². The molecule has 1 aromatic rings. The van der Waals surface area contributed by atoms with E-state index in [4.69, 9.17) is 0 Å². The van der Waals surface area contributed by atoms with Gasteiger partial charge in [0.25, 0.3) is 0 Å². The zero-order valence-corrected chi connectivity index (χ0v) is 15.4. The first-order chi connectivity index (χ1) is 12.2. The standard InChI is InChI=1S/C22H33NO2/c24-21-10-4-9-18(14-21)22(25)19-11-12-20(22)16-23(15-19)13-5-8-17-6-2-1-3-7-17/h4,9-10,14,17,19-20,24-25H,1-3,5-8,11-13,15-16H2. The molecular formula is C22H33NO2. The molecule has 2 N–H and O–H groups in total. The van der Waals surface area contributed by atoms with Crippen LogP contribution in [0.2, 0.25) is 0 Å². The van der Waals surface area contributed by atoms with Crippen molar-refractivity contribution in [3.63, 3.8) is 0 Å². The fraction of sp³-hybridized carbons (Fsp3) is 0.727. The van der Waals surface area contributed by atoms with Crippen LogP contribution in [0.3, 0.4) is 0 Å². The number of phenols is 1. The number of hydrogen-bond acceptors (Lipinski definition) is 3. The molecule has 0 aromatic heterocycles. The maximum absolute atomic E-state index is 11.5. The second kappa shape index (κ2) is 7.28. The number of rotatable bonds is 5. The summed E-state index contributed by atoms with van der Waals surface area (Å²) in [5, 5.41) is 21.3. The van der Waals surface area contributed by atoms with Crippen LogP contribution in [0.5, 0.6) is 5.75 Å². The monoisotopic (exact) mass is 343 g/mol. The van der Waals surface area contributed by atoms with Crippen LogP contribution >= 0.6 is 0 Å². The van der Waals surface area contributed by atoms with E-state index < -0.39 is 5.60 Å². The molecule has 3 nitrogen and oxygen atoms in total. The maximum atomic E-state index is 11.5. The Balaban J connectivity index is 1.35. The van der Waals surface area contributed by atoms with Crippen molar-refractivity contribution < 1.29 is 10.2 Å². The third kappa shape index (κ3) is 3.46. The van der Waals surface area contributed by atoms with Crippen LogP contribution < -0.4 is 0 Å². The average molecular weight is 344 g/mol. The van der Waals surface area contributed by atoms with Crippen molar-refractivity contribution in [3.05, 3.63) is 29.8 Å². The summed E-state index contributed by atoms with van der Waals surface area (Å²) in [4.78, 5) is 2.60. The van der Waals surface area contributed by atoms with Crippen molar-refractivity contribution >= 4 is 0 Å². The quantitative estimate of drug-likeness (QED) is 0.838. The molecule has 3 aliphatic rings. The topological polar surface area (TPSA) is 43.7 Å². The largest absolute Gasteiger partial charge is 0.508 e. The van der Waals surface area contributed by atoms with E-state index in [2.05, 4.69) is 4.90 Å². The summed E-state index contributed by atoms with van der Waals surface area (Å²) in [5.74, 6) is 1.85. The Morgan fingerprint density at radius 1 is 1.00 bits per heavy atom. The van der Waals surface area contributed by atoms with Crippen LogP contribution in [0.25, 0.3) is 0 Å². The highest BCUT2D eigenvalue weighted by Crippen LogP contribution is 2.51. The maximum Gasteiger partial charge on any atom is 0.115 e. The Morgan fingerprint density at radius 3 is 2.40 bits per heavy atom. The van der Waals surface area contributed by atoms with Crippen molar-refractivity contribution in [3.8, 4) is 5.75 Å². The molecule has 4 rings (SSSR count). The van der Waals surface area contributed by atoms with Gasteiger partial charge in [0.1, 0.15) is 5.75 Å². The zero-order valence-electron chi connectivity index (χ0n) is 15.4. The summed E-state index contributed by atoms with van der Waals surface area (Å²) in [7, 11) is 0. The molecule has 1 aromatic carbocycles. The van der Waals surface area contributed by atoms with Gasteiger partial charge in [-0.2, -0.15) is 0 Å². The fourth-order valence-corrected chi connectivity index (χ4v) is 5.82. The summed E-state index contributed by atoms with van der Waals surface area (Å²) in [6.45, 7) is 3.21. The molecule has 0 spiro atoms. The summed E-state index contributed by atoms with van der Waals surface area (Å²) in [6.07, 6.45) is 12.1. The van der Waals surface area contributed by atoms with Crippen LogP contribution in [0.4, 0.5) is 0 Å². The molecule has 3 fully saturated rings. The Kier molecular flexibility index (Phi) is 5.06.